The van der Waals surface area contributed by atoms with Gasteiger partial charge in [0, 0.05) is 0 Å². The van der Waals surface area contributed by atoms with Crippen molar-refractivity contribution >= 4 is 26.5 Å². The molecule has 0 nitrogen and oxygen atoms in total. The Balaban J connectivity index is 2.52. The van der Waals surface area contributed by atoms with Crippen molar-refractivity contribution in [2.45, 2.75) is 142 Å². The van der Waals surface area contributed by atoms with E-state index in [1.807, 2.05) is 0 Å². The maximum atomic E-state index is 2.60. The van der Waals surface area contributed by atoms with Crippen LogP contribution in [0, 0.1) is 0 Å². The van der Waals surface area contributed by atoms with E-state index >= 15 is 0 Å². The van der Waals surface area contributed by atoms with Crippen molar-refractivity contribution in [1.82, 2.24) is 0 Å². The van der Waals surface area contributed by atoms with Gasteiger partial charge in [-0.05, 0) is 5.54 Å². The molecule has 1 aromatic carbocycles. The monoisotopic (exact) mass is 446 g/mol. The highest BCUT2D eigenvalue weighted by Gasteiger charge is 2.31. The SMILES string of the molecule is CCCCCCCCCC(C)[Si](C)(C)c1ccc([Si](C)(C)CCCCCCC)cc1. The first-order valence-corrected chi connectivity index (χ1v) is 19.6. The van der Waals surface area contributed by atoms with Crippen LogP contribution in [0.2, 0.25) is 37.8 Å². The molecule has 1 aromatic rings. The molecule has 1 rings (SSSR count). The number of unbranched alkanes of at least 4 members (excludes halogenated alkanes) is 10. The molecule has 0 bridgehead atoms. The van der Waals surface area contributed by atoms with Crippen molar-refractivity contribution in [3.05, 3.63) is 24.3 Å². The lowest BCUT2D eigenvalue weighted by Crippen LogP contribution is -2.47. The minimum Gasteiger partial charge on any atom is -0.0654 e. The Labute approximate surface area is 192 Å². The number of hydrogen-bond acceptors (Lipinski definition) is 0. The predicted octanol–water partition coefficient (Wildman–Crippen LogP) is 9.02. The summed E-state index contributed by atoms with van der Waals surface area (Å²) in [5.41, 5.74) is 0.878. The summed E-state index contributed by atoms with van der Waals surface area (Å²) in [7, 11) is -2.64. The van der Waals surface area contributed by atoms with E-state index in [-0.39, 0.29) is 0 Å². The summed E-state index contributed by atoms with van der Waals surface area (Å²) >= 11 is 0. The molecular formula is C28H54Si2. The summed E-state index contributed by atoms with van der Waals surface area (Å²) in [6.07, 6.45) is 18.4. The van der Waals surface area contributed by atoms with Gasteiger partial charge in [0.15, 0.2) is 0 Å². The fraction of sp³-hybridized carbons (Fsp3) is 0.786. The summed E-state index contributed by atoms with van der Waals surface area (Å²) in [6, 6.07) is 11.5. The van der Waals surface area contributed by atoms with E-state index in [0.29, 0.717) is 0 Å². The first-order chi connectivity index (χ1) is 14.3. The molecule has 0 fully saturated rings. The average molecular weight is 447 g/mol. The van der Waals surface area contributed by atoms with Gasteiger partial charge in [0.05, 0.1) is 16.1 Å². The second-order valence-corrected chi connectivity index (χ2v) is 21.0. The predicted molar refractivity (Wildman–Crippen MR) is 146 cm³/mol. The van der Waals surface area contributed by atoms with Gasteiger partial charge < -0.3 is 0 Å². The molecule has 1 atom stereocenters. The lowest BCUT2D eigenvalue weighted by atomic mass is 10.1. The summed E-state index contributed by atoms with van der Waals surface area (Å²) in [6.45, 7) is 17.5. The van der Waals surface area contributed by atoms with E-state index in [0.717, 1.165) is 5.54 Å². The van der Waals surface area contributed by atoms with Crippen molar-refractivity contribution in [1.29, 1.82) is 0 Å². The highest BCUT2D eigenvalue weighted by molar-refractivity contribution is 6.92. The van der Waals surface area contributed by atoms with Crippen molar-refractivity contribution < 1.29 is 0 Å². The van der Waals surface area contributed by atoms with Gasteiger partial charge in [-0.2, -0.15) is 0 Å². The number of benzene rings is 1. The molecular weight excluding hydrogens is 392 g/mol. The Bertz CT molecular complexity index is 544. The van der Waals surface area contributed by atoms with Crippen molar-refractivity contribution in [3.8, 4) is 0 Å². The van der Waals surface area contributed by atoms with Gasteiger partial charge in [-0.25, -0.2) is 0 Å². The smallest absolute Gasteiger partial charge is 0.0654 e. The zero-order chi connectivity index (χ0) is 22.5. The van der Waals surface area contributed by atoms with Crippen LogP contribution in [0.5, 0.6) is 0 Å². The van der Waals surface area contributed by atoms with E-state index in [1.165, 1.54) is 89.5 Å². The van der Waals surface area contributed by atoms with Crippen LogP contribution in [0.3, 0.4) is 0 Å². The van der Waals surface area contributed by atoms with Crippen LogP contribution >= 0.6 is 0 Å². The second kappa shape index (κ2) is 14.7. The minimum absolute atomic E-state index is 0.878. The van der Waals surface area contributed by atoms with Gasteiger partial charge in [0.1, 0.15) is 0 Å². The molecule has 0 amide bonds. The second-order valence-electron chi connectivity index (χ2n) is 11.2. The van der Waals surface area contributed by atoms with E-state index in [2.05, 4.69) is 71.2 Å². The van der Waals surface area contributed by atoms with E-state index < -0.39 is 16.1 Å². The fourth-order valence-electron chi connectivity index (χ4n) is 4.72. The summed E-state index contributed by atoms with van der Waals surface area (Å²) in [4.78, 5) is 0. The average Bonchev–Trinajstić information content (AvgIpc) is 2.72. The molecule has 0 aliphatic rings. The van der Waals surface area contributed by atoms with Crippen LogP contribution in [0.25, 0.3) is 0 Å². The summed E-state index contributed by atoms with van der Waals surface area (Å²) in [5, 5.41) is 3.35. The van der Waals surface area contributed by atoms with Gasteiger partial charge >= 0.3 is 0 Å². The maximum Gasteiger partial charge on any atom is 0.0834 e. The van der Waals surface area contributed by atoms with Gasteiger partial charge in [0.25, 0.3) is 0 Å². The Morgan fingerprint density at radius 1 is 0.600 bits per heavy atom. The molecule has 0 saturated heterocycles. The zero-order valence-corrected chi connectivity index (χ0v) is 23.8. The van der Waals surface area contributed by atoms with Gasteiger partial charge in [-0.3, -0.25) is 0 Å². The molecule has 0 aliphatic carbocycles. The molecule has 0 heterocycles. The van der Waals surface area contributed by atoms with Crippen LogP contribution in [0.15, 0.2) is 24.3 Å². The van der Waals surface area contributed by atoms with Gasteiger partial charge in [0.2, 0.25) is 0 Å². The quantitative estimate of drug-likeness (QED) is 0.165. The Morgan fingerprint density at radius 2 is 1.03 bits per heavy atom. The summed E-state index contributed by atoms with van der Waals surface area (Å²) in [5.74, 6) is 0. The molecule has 0 spiro atoms. The Kier molecular flexibility index (Phi) is 13.5. The molecule has 0 saturated carbocycles. The lowest BCUT2D eigenvalue weighted by Gasteiger charge is -2.31. The first-order valence-electron chi connectivity index (χ1n) is 13.4. The fourth-order valence-corrected chi connectivity index (χ4v) is 9.73. The van der Waals surface area contributed by atoms with Crippen LogP contribution < -0.4 is 10.4 Å². The van der Waals surface area contributed by atoms with E-state index in [1.54, 1.807) is 10.4 Å². The molecule has 1 unspecified atom stereocenters. The van der Waals surface area contributed by atoms with Crippen molar-refractivity contribution in [2.24, 2.45) is 0 Å². The van der Waals surface area contributed by atoms with Gasteiger partial charge in [-0.1, -0.05) is 171 Å². The molecule has 0 aliphatic heterocycles. The van der Waals surface area contributed by atoms with Crippen LogP contribution in [0.1, 0.15) is 104 Å². The number of rotatable bonds is 17. The third-order valence-corrected chi connectivity index (χ3v) is 15.9. The largest absolute Gasteiger partial charge is 0.0834 e. The van der Waals surface area contributed by atoms with Crippen LogP contribution in [-0.4, -0.2) is 16.1 Å². The standard InChI is InChI=1S/C28H54Si2/c1-8-10-12-14-15-16-18-20-26(3)30(6,7)28-23-21-27(22-24-28)29(4,5)25-19-17-13-11-9-2/h21-24,26H,8-20,25H2,1-7H3. The third kappa shape index (κ3) is 9.85. The van der Waals surface area contributed by atoms with Crippen LogP contribution in [0.4, 0.5) is 0 Å². The highest BCUT2D eigenvalue weighted by Crippen LogP contribution is 2.27. The highest BCUT2D eigenvalue weighted by atomic mass is 28.3. The minimum atomic E-state index is -1.37. The van der Waals surface area contributed by atoms with E-state index in [9.17, 15) is 0 Å². The Hall–Kier alpha value is -0.346. The summed E-state index contributed by atoms with van der Waals surface area (Å²) < 4.78 is 0. The van der Waals surface area contributed by atoms with Crippen molar-refractivity contribution in [3.63, 3.8) is 0 Å². The molecule has 0 aromatic heterocycles. The normalized spacial score (nSPS) is 13.6. The molecule has 2 heteroatoms. The molecule has 30 heavy (non-hydrogen) atoms. The zero-order valence-electron chi connectivity index (χ0n) is 21.8. The third-order valence-electron chi connectivity index (χ3n) is 7.79. The topological polar surface area (TPSA) is 0 Å². The maximum absolute atomic E-state index is 2.60. The molecule has 0 radical (unpaired) electrons. The van der Waals surface area contributed by atoms with Crippen molar-refractivity contribution in [2.75, 3.05) is 0 Å². The van der Waals surface area contributed by atoms with Gasteiger partial charge in [-0.15, -0.1) is 0 Å². The molecule has 174 valence electrons. The Morgan fingerprint density at radius 3 is 1.57 bits per heavy atom. The first kappa shape index (κ1) is 27.7. The molecule has 0 N–H and O–H groups in total. The number of hydrogen-bond donors (Lipinski definition) is 0. The van der Waals surface area contributed by atoms with Crippen LogP contribution in [-0.2, 0) is 0 Å². The lowest BCUT2D eigenvalue weighted by molar-refractivity contribution is 0.569. The van der Waals surface area contributed by atoms with E-state index in [4.69, 9.17) is 0 Å².